The van der Waals surface area contributed by atoms with E-state index in [1.807, 2.05) is 13.1 Å². The minimum Gasteiger partial charge on any atom is -0.328 e. The van der Waals surface area contributed by atoms with E-state index in [0.717, 1.165) is 25.0 Å². The zero-order valence-corrected chi connectivity index (χ0v) is 8.46. The SMILES string of the molecule is CCc1ccc(CCC(C)N)nc1. The maximum atomic E-state index is 5.67. The van der Waals surface area contributed by atoms with Gasteiger partial charge in [-0.15, -0.1) is 0 Å². The van der Waals surface area contributed by atoms with Crippen LogP contribution in [0.3, 0.4) is 0 Å². The minimum atomic E-state index is 0.271. The molecule has 2 nitrogen and oxygen atoms in total. The first kappa shape index (κ1) is 10.2. The van der Waals surface area contributed by atoms with E-state index in [1.165, 1.54) is 5.56 Å². The lowest BCUT2D eigenvalue weighted by atomic mass is 10.1. The minimum absolute atomic E-state index is 0.271. The van der Waals surface area contributed by atoms with E-state index in [1.54, 1.807) is 0 Å². The molecular formula is C11H18N2. The molecular weight excluding hydrogens is 160 g/mol. The molecule has 1 atom stereocenters. The molecule has 0 bridgehead atoms. The number of pyridine rings is 1. The Bertz CT molecular complexity index is 239. The van der Waals surface area contributed by atoms with Crippen molar-refractivity contribution in [3.05, 3.63) is 29.6 Å². The first-order valence-electron chi connectivity index (χ1n) is 4.91. The van der Waals surface area contributed by atoms with Crippen molar-refractivity contribution in [2.45, 2.75) is 39.2 Å². The topological polar surface area (TPSA) is 38.9 Å². The molecule has 13 heavy (non-hydrogen) atoms. The summed E-state index contributed by atoms with van der Waals surface area (Å²) in [6, 6.07) is 4.51. The molecule has 2 N–H and O–H groups in total. The molecule has 0 spiro atoms. The van der Waals surface area contributed by atoms with Gasteiger partial charge in [0.15, 0.2) is 0 Å². The summed E-state index contributed by atoms with van der Waals surface area (Å²) >= 11 is 0. The highest BCUT2D eigenvalue weighted by atomic mass is 14.7. The molecule has 1 aromatic rings. The lowest BCUT2D eigenvalue weighted by molar-refractivity contribution is 0.658. The van der Waals surface area contributed by atoms with Crippen LogP contribution in [0, 0.1) is 0 Å². The molecule has 0 saturated carbocycles. The quantitative estimate of drug-likeness (QED) is 0.765. The standard InChI is InChI=1S/C11H18N2/c1-3-10-5-7-11(13-8-10)6-4-9(2)12/h5,7-9H,3-4,6,12H2,1-2H3. The predicted octanol–water partition coefficient (Wildman–Crippen LogP) is 1.92. The lowest BCUT2D eigenvalue weighted by Gasteiger charge is -2.04. The van der Waals surface area contributed by atoms with Gasteiger partial charge in [-0.1, -0.05) is 13.0 Å². The fourth-order valence-electron chi connectivity index (χ4n) is 1.19. The maximum Gasteiger partial charge on any atom is 0.0404 e. The molecule has 0 aliphatic carbocycles. The number of rotatable bonds is 4. The number of nitrogens with two attached hydrogens (primary N) is 1. The van der Waals surface area contributed by atoms with Crippen LogP contribution < -0.4 is 5.73 Å². The third-order valence-electron chi connectivity index (χ3n) is 2.15. The Morgan fingerprint density at radius 1 is 1.46 bits per heavy atom. The second-order valence-electron chi connectivity index (χ2n) is 3.53. The zero-order valence-electron chi connectivity index (χ0n) is 8.46. The van der Waals surface area contributed by atoms with E-state index in [9.17, 15) is 0 Å². The lowest BCUT2D eigenvalue weighted by Crippen LogP contribution is -2.15. The van der Waals surface area contributed by atoms with E-state index in [0.29, 0.717) is 0 Å². The molecule has 1 unspecified atom stereocenters. The Morgan fingerprint density at radius 3 is 2.69 bits per heavy atom. The van der Waals surface area contributed by atoms with Gasteiger partial charge in [0.25, 0.3) is 0 Å². The third-order valence-corrected chi connectivity index (χ3v) is 2.15. The summed E-state index contributed by atoms with van der Waals surface area (Å²) < 4.78 is 0. The molecule has 1 rings (SSSR count). The second kappa shape index (κ2) is 4.97. The first-order chi connectivity index (χ1) is 6.22. The number of aromatic nitrogens is 1. The normalized spacial score (nSPS) is 12.8. The van der Waals surface area contributed by atoms with Gasteiger partial charge in [-0.2, -0.15) is 0 Å². The highest BCUT2D eigenvalue weighted by Crippen LogP contribution is 2.04. The molecule has 1 heterocycles. The van der Waals surface area contributed by atoms with Crippen molar-refractivity contribution < 1.29 is 0 Å². The van der Waals surface area contributed by atoms with Gasteiger partial charge >= 0.3 is 0 Å². The van der Waals surface area contributed by atoms with Crippen LogP contribution in [-0.2, 0) is 12.8 Å². The van der Waals surface area contributed by atoms with Crippen LogP contribution in [0.4, 0.5) is 0 Å². The summed E-state index contributed by atoms with van der Waals surface area (Å²) in [5.74, 6) is 0. The smallest absolute Gasteiger partial charge is 0.0404 e. The van der Waals surface area contributed by atoms with Crippen LogP contribution in [0.1, 0.15) is 31.5 Å². The molecule has 0 saturated heterocycles. The van der Waals surface area contributed by atoms with E-state index in [-0.39, 0.29) is 6.04 Å². The molecule has 0 aromatic carbocycles. The van der Waals surface area contributed by atoms with E-state index < -0.39 is 0 Å². The fraction of sp³-hybridized carbons (Fsp3) is 0.545. The van der Waals surface area contributed by atoms with Crippen molar-refractivity contribution in [3.63, 3.8) is 0 Å². The summed E-state index contributed by atoms with van der Waals surface area (Å²) in [7, 11) is 0. The van der Waals surface area contributed by atoms with E-state index >= 15 is 0 Å². The fourth-order valence-corrected chi connectivity index (χ4v) is 1.19. The zero-order chi connectivity index (χ0) is 9.68. The number of hydrogen-bond acceptors (Lipinski definition) is 2. The van der Waals surface area contributed by atoms with Crippen molar-refractivity contribution in [1.29, 1.82) is 0 Å². The third kappa shape index (κ3) is 3.55. The van der Waals surface area contributed by atoms with Crippen LogP contribution in [0.15, 0.2) is 18.3 Å². The summed E-state index contributed by atoms with van der Waals surface area (Å²) in [5, 5.41) is 0. The maximum absolute atomic E-state index is 5.67. The Kier molecular flexibility index (Phi) is 3.90. The Balaban J connectivity index is 2.49. The van der Waals surface area contributed by atoms with Gasteiger partial charge in [-0.25, -0.2) is 0 Å². The summed E-state index contributed by atoms with van der Waals surface area (Å²) in [4.78, 5) is 4.37. The highest BCUT2D eigenvalue weighted by molar-refractivity contribution is 5.13. The molecule has 0 amide bonds. The van der Waals surface area contributed by atoms with E-state index in [2.05, 4.69) is 24.0 Å². The average Bonchev–Trinajstić information content (AvgIpc) is 2.15. The van der Waals surface area contributed by atoms with Crippen molar-refractivity contribution >= 4 is 0 Å². The van der Waals surface area contributed by atoms with Crippen LogP contribution in [0.2, 0.25) is 0 Å². The number of nitrogens with zero attached hydrogens (tertiary/aromatic N) is 1. The predicted molar refractivity (Wildman–Crippen MR) is 55.6 cm³/mol. The Morgan fingerprint density at radius 2 is 2.23 bits per heavy atom. The van der Waals surface area contributed by atoms with Gasteiger partial charge in [0.05, 0.1) is 0 Å². The Labute approximate surface area is 80.2 Å². The monoisotopic (exact) mass is 178 g/mol. The number of aryl methyl sites for hydroxylation is 2. The summed E-state index contributed by atoms with van der Waals surface area (Å²) in [5.41, 5.74) is 8.11. The second-order valence-corrected chi connectivity index (χ2v) is 3.53. The van der Waals surface area contributed by atoms with Crippen LogP contribution in [-0.4, -0.2) is 11.0 Å². The van der Waals surface area contributed by atoms with Gasteiger partial charge in [-0.05, 0) is 37.8 Å². The van der Waals surface area contributed by atoms with Gasteiger partial charge in [0.2, 0.25) is 0 Å². The molecule has 0 aliphatic heterocycles. The van der Waals surface area contributed by atoms with Crippen molar-refractivity contribution in [3.8, 4) is 0 Å². The average molecular weight is 178 g/mol. The van der Waals surface area contributed by atoms with Crippen molar-refractivity contribution in [1.82, 2.24) is 4.98 Å². The summed E-state index contributed by atoms with van der Waals surface area (Å²) in [6.45, 7) is 4.17. The Hall–Kier alpha value is -0.890. The van der Waals surface area contributed by atoms with Crippen molar-refractivity contribution in [2.75, 3.05) is 0 Å². The molecule has 0 radical (unpaired) electrons. The van der Waals surface area contributed by atoms with Crippen LogP contribution in [0.5, 0.6) is 0 Å². The first-order valence-corrected chi connectivity index (χ1v) is 4.91. The molecule has 1 aromatic heterocycles. The van der Waals surface area contributed by atoms with Gasteiger partial charge in [-0.3, -0.25) is 4.98 Å². The van der Waals surface area contributed by atoms with Crippen LogP contribution >= 0.6 is 0 Å². The highest BCUT2D eigenvalue weighted by Gasteiger charge is 1.97. The van der Waals surface area contributed by atoms with Gasteiger partial charge in [0.1, 0.15) is 0 Å². The van der Waals surface area contributed by atoms with Crippen molar-refractivity contribution in [2.24, 2.45) is 5.73 Å². The van der Waals surface area contributed by atoms with Crippen LogP contribution in [0.25, 0.3) is 0 Å². The molecule has 0 aliphatic rings. The van der Waals surface area contributed by atoms with E-state index in [4.69, 9.17) is 5.73 Å². The largest absolute Gasteiger partial charge is 0.328 e. The number of hydrogen-bond donors (Lipinski definition) is 1. The summed E-state index contributed by atoms with van der Waals surface area (Å²) in [6.07, 6.45) is 5.01. The van der Waals surface area contributed by atoms with Gasteiger partial charge < -0.3 is 5.73 Å². The van der Waals surface area contributed by atoms with Gasteiger partial charge in [0, 0.05) is 17.9 Å². The molecule has 2 heteroatoms. The molecule has 72 valence electrons. The molecule has 0 fully saturated rings.